The summed E-state index contributed by atoms with van der Waals surface area (Å²) in [5.74, 6) is -0.235. The number of fused-ring (bicyclic) bond motifs is 1. The molecule has 5 rings (SSSR count). The number of hydroxylamine groups is 1. The maximum absolute atomic E-state index is 13.8. The Balaban J connectivity index is 1.57. The molecule has 8 heteroatoms. The topological polar surface area (TPSA) is 68.3 Å². The summed E-state index contributed by atoms with van der Waals surface area (Å²) in [4.78, 5) is 34.6. The molecule has 2 saturated heterocycles. The van der Waals surface area contributed by atoms with Crippen molar-refractivity contribution in [2.45, 2.75) is 32.4 Å². The lowest BCUT2D eigenvalue weighted by Gasteiger charge is -2.29. The number of para-hydroxylation sites is 1. The van der Waals surface area contributed by atoms with E-state index in [2.05, 4.69) is 0 Å². The predicted molar refractivity (Wildman–Crippen MR) is 137 cm³/mol. The van der Waals surface area contributed by atoms with Gasteiger partial charge in [0, 0.05) is 5.02 Å². The Bertz CT molecular complexity index is 1250. The summed E-state index contributed by atoms with van der Waals surface area (Å²) in [5.41, 5.74) is 2.01. The van der Waals surface area contributed by atoms with Crippen LogP contribution < -0.4 is 19.4 Å². The summed E-state index contributed by atoms with van der Waals surface area (Å²) in [7, 11) is 0. The molecular weight excluding hydrogens is 480 g/mol. The second-order valence-corrected chi connectivity index (χ2v) is 9.07. The lowest BCUT2D eigenvalue weighted by molar-refractivity contribution is -0.126. The van der Waals surface area contributed by atoms with Gasteiger partial charge in [0.2, 0.25) is 5.91 Å². The second kappa shape index (κ2) is 10.2. The SMILES string of the molecule is CCCOc1ccc([C@@H]2[C@@H]3C(=O)N(c4ccc(Cl)cc4)C(=O)[C@H]3ON2c2ccccc2)cc1OCC. The molecule has 3 aromatic carbocycles. The fourth-order valence-corrected chi connectivity index (χ4v) is 4.83. The Kier molecular flexibility index (Phi) is 6.85. The average molecular weight is 507 g/mol. The molecular formula is C28H27ClN2O5. The molecule has 2 heterocycles. The van der Waals surface area contributed by atoms with Crippen LogP contribution in [0.15, 0.2) is 72.8 Å². The Labute approximate surface area is 215 Å². The Morgan fingerprint density at radius 2 is 1.61 bits per heavy atom. The van der Waals surface area contributed by atoms with E-state index in [0.29, 0.717) is 35.4 Å². The molecule has 2 aliphatic rings. The molecule has 2 amide bonds. The van der Waals surface area contributed by atoms with Gasteiger partial charge in [-0.05, 0) is 67.4 Å². The zero-order chi connectivity index (χ0) is 25.2. The first-order chi connectivity index (χ1) is 17.5. The van der Waals surface area contributed by atoms with E-state index in [0.717, 1.165) is 17.7 Å². The number of halogens is 1. The number of amides is 2. The molecule has 0 aromatic heterocycles. The molecule has 0 saturated carbocycles. The van der Waals surface area contributed by atoms with Crippen molar-refractivity contribution in [1.29, 1.82) is 0 Å². The van der Waals surface area contributed by atoms with Gasteiger partial charge in [0.15, 0.2) is 17.6 Å². The maximum Gasteiger partial charge on any atom is 0.266 e. The van der Waals surface area contributed by atoms with Crippen LogP contribution in [0.4, 0.5) is 11.4 Å². The molecule has 0 unspecified atom stereocenters. The number of hydrogen-bond donors (Lipinski definition) is 0. The fourth-order valence-electron chi connectivity index (χ4n) is 4.71. The molecule has 36 heavy (non-hydrogen) atoms. The Hall–Kier alpha value is -3.55. The van der Waals surface area contributed by atoms with Crippen LogP contribution in [0.2, 0.25) is 5.02 Å². The van der Waals surface area contributed by atoms with Crippen molar-refractivity contribution in [3.63, 3.8) is 0 Å². The number of benzene rings is 3. The summed E-state index contributed by atoms with van der Waals surface area (Å²) >= 11 is 6.02. The van der Waals surface area contributed by atoms with Gasteiger partial charge in [0.25, 0.3) is 5.91 Å². The molecule has 0 radical (unpaired) electrons. The van der Waals surface area contributed by atoms with E-state index >= 15 is 0 Å². The highest BCUT2D eigenvalue weighted by Gasteiger charge is 2.60. The van der Waals surface area contributed by atoms with Crippen LogP contribution in [0.1, 0.15) is 31.9 Å². The zero-order valence-electron chi connectivity index (χ0n) is 20.1. The predicted octanol–water partition coefficient (Wildman–Crippen LogP) is 5.58. The van der Waals surface area contributed by atoms with Crippen molar-refractivity contribution in [1.82, 2.24) is 0 Å². The largest absolute Gasteiger partial charge is 0.490 e. The van der Waals surface area contributed by atoms with Crippen molar-refractivity contribution < 1.29 is 23.9 Å². The minimum absolute atomic E-state index is 0.319. The molecule has 7 nitrogen and oxygen atoms in total. The van der Waals surface area contributed by atoms with Crippen LogP contribution in [0.25, 0.3) is 0 Å². The van der Waals surface area contributed by atoms with E-state index in [-0.39, 0.29) is 5.91 Å². The van der Waals surface area contributed by atoms with Gasteiger partial charge < -0.3 is 9.47 Å². The van der Waals surface area contributed by atoms with Crippen molar-refractivity contribution >= 4 is 34.8 Å². The van der Waals surface area contributed by atoms with Crippen LogP contribution in [-0.2, 0) is 14.4 Å². The van der Waals surface area contributed by atoms with E-state index in [1.807, 2.05) is 62.4 Å². The quantitative estimate of drug-likeness (QED) is 0.372. The highest BCUT2D eigenvalue weighted by Crippen LogP contribution is 2.48. The molecule has 3 atom stereocenters. The third kappa shape index (κ3) is 4.29. The summed E-state index contributed by atoms with van der Waals surface area (Å²) in [6, 6.07) is 21.2. The molecule has 3 aromatic rings. The summed E-state index contributed by atoms with van der Waals surface area (Å²) in [6.45, 7) is 4.97. The van der Waals surface area contributed by atoms with Crippen LogP contribution in [0, 0.1) is 5.92 Å². The zero-order valence-corrected chi connectivity index (χ0v) is 20.9. The lowest BCUT2D eigenvalue weighted by atomic mass is 9.90. The molecule has 2 aliphatic heterocycles. The van der Waals surface area contributed by atoms with Gasteiger partial charge in [-0.15, -0.1) is 0 Å². The number of carbonyl (C=O) groups is 2. The molecule has 2 fully saturated rings. The molecule has 186 valence electrons. The van der Waals surface area contributed by atoms with E-state index < -0.39 is 24.0 Å². The third-order valence-corrected chi connectivity index (χ3v) is 6.53. The van der Waals surface area contributed by atoms with Crippen LogP contribution in [-0.4, -0.2) is 31.1 Å². The minimum atomic E-state index is -0.954. The molecule has 0 bridgehead atoms. The van der Waals surface area contributed by atoms with E-state index in [9.17, 15) is 9.59 Å². The van der Waals surface area contributed by atoms with E-state index in [1.54, 1.807) is 29.3 Å². The van der Waals surface area contributed by atoms with Crippen LogP contribution in [0.3, 0.4) is 0 Å². The van der Waals surface area contributed by atoms with Gasteiger partial charge in [0.1, 0.15) is 5.92 Å². The summed E-state index contributed by atoms with van der Waals surface area (Å²) < 4.78 is 11.7. The minimum Gasteiger partial charge on any atom is -0.490 e. The van der Waals surface area contributed by atoms with Crippen molar-refractivity contribution in [3.8, 4) is 11.5 Å². The van der Waals surface area contributed by atoms with Gasteiger partial charge in [0.05, 0.1) is 30.6 Å². The van der Waals surface area contributed by atoms with Crippen molar-refractivity contribution in [3.05, 3.63) is 83.4 Å². The first-order valence-electron chi connectivity index (χ1n) is 12.1. The number of anilines is 2. The van der Waals surface area contributed by atoms with Crippen LogP contribution >= 0.6 is 11.6 Å². The standard InChI is InChI=1S/C28H27ClN2O5/c1-3-16-35-22-15-10-18(17-23(22)34-4-2)25-24-26(36-31(25)21-8-6-5-7-9-21)28(33)30(27(24)32)20-13-11-19(29)12-14-20/h5-15,17,24-26H,3-4,16H2,1-2H3/t24-,25+,26-/m0/s1. The number of ether oxygens (including phenoxy) is 2. The maximum atomic E-state index is 13.8. The van der Waals surface area contributed by atoms with Gasteiger partial charge in [-0.2, -0.15) is 0 Å². The normalized spacial score (nSPS) is 21.1. The van der Waals surface area contributed by atoms with Crippen molar-refractivity contribution in [2.75, 3.05) is 23.2 Å². The Morgan fingerprint density at radius 3 is 2.31 bits per heavy atom. The number of rotatable bonds is 8. The van der Waals surface area contributed by atoms with Gasteiger partial charge in [-0.3, -0.25) is 14.4 Å². The first kappa shape index (κ1) is 24.2. The first-order valence-corrected chi connectivity index (χ1v) is 12.4. The number of carbonyl (C=O) groups excluding carboxylic acids is 2. The fraction of sp³-hybridized carbons (Fsp3) is 0.286. The average Bonchev–Trinajstić information content (AvgIpc) is 3.40. The summed E-state index contributed by atoms with van der Waals surface area (Å²) in [5, 5.41) is 2.19. The second-order valence-electron chi connectivity index (χ2n) is 8.63. The van der Waals surface area contributed by atoms with Crippen LogP contribution in [0.5, 0.6) is 11.5 Å². The number of hydrogen-bond acceptors (Lipinski definition) is 6. The Morgan fingerprint density at radius 1 is 0.861 bits per heavy atom. The lowest BCUT2D eigenvalue weighted by Crippen LogP contribution is -2.37. The summed E-state index contributed by atoms with van der Waals surface area (Å²) in [6.07, 6.45) is -0.0862. The van der Waals surface area contributed by atoms with Gasteiger partial charge >= 0.3 is 0 Å². The monoisotopic (exact) mass is 506 g/mol. The smallest absolute Gasteiger partial charge is 0.266 e. The third-order valence-electron chi connectivity index (χ3n) is 6.28. The molecule has 0 aliphatic carbocycles. The number of imide groups is 1. The highest BCUT2D eigenvalue weighted by atomic mass is 35.5. The van der Waals surface area contributed by atoms with E-state index in [1.165, 1.54) is 4.90 Å². The molecule has 0 spiro atoms. The number of nitrogens with zero attached hydrogens (tertiary/aromatic N) is 2. The van der Waals surface area contributed by atoms with Gasteiger partial charge in [-0.1, -0.05) is 42.8 Å². The van der Waals surface area contributed by atoms with Gasteiger partial charge in [-0.25, -0.2) is 9.96 Å². The van der Waals surface area contributed by atoms with E-state index in [4.69, 9.17) is 25.9 Å². The molecule has 0 N–H and O–H groups in total. The van der Waals surface area contributed by atoms with Crippen molar-refractivity contribution in [2.24, 2.45) is 5.92 Å². The highest BCUT2D eigenvalue weighted by molar-refractivity contribution is 6.31.